The van der Waals surface area contributed by atoms with Crippen molar-refractivity contribution in [1.82, 2.24) is 0 Å². The molecule has 0 aliphatic heterocycles. The second-order valence-electron chi connectivity index (χ2n) is 29.1. The highest BCUT2D eigenvalue weighted by Gasteiger charge is 2.25. The van der Waals surface area contributed by atoms with Gasteiger partial charge in [-0.05, 0) is 83.5 Å². The summed E-state index contributed by atoms with van der Waals surface area (Å²) >= 11 is 0. The highest BCUT2D eigenvalue weighted by Crippen LogP contribution is 2.20. The van der Waals surface area contributed by atoms with Gasteiger partial charge in [0.25, 0.3) is 6.29 Å². The molecular weight excluding hydrogens is 1170 g/mol. The van der Waals surface area contributed by atoms with Gasteiger partial charge >= 0.3 is 17.9 Å². The number of carboxylic acid groups (broad SMARTS) is 1. The van der Waals surface area contributed by atoms with Crippen molar-refractivity contribution in [3.63, 3.8) is 0 Å². The lowest BCUT2D eigenvalue weighted by atomic mass is 10.0. The number of quaternary nitrogens is 1. The summed E-state index contributed by atoms with van der Waals surface area (Å²) in [6.45, 7) is 4.82. The smallest absolute Gasteiger partial charge is 0.361 e. The van der Waals surface area contributed by atoms with Gasteiger partial charge in [0.2, 0.25) is 0 Å². The van der Waals surface area contributed by atoms with Crippen LogP contribution in [-0.2, 0) is 33.3 Å². The molecule has 9 heteroatoms. The van der Waals surface area contributed by atoms with E-state index in [1.54, 1.807) is 0 Å². The van der Waals surface area contributed by atoms with Crippen LogP contribution < -0.4 is 0 Å². The Kier molecular flexibility index (Phi) is 73.9. The van der Waals surface area contributed by atoms with Crippen molar-refractivity contribution in [2.24, 2.45) is 0 Å². The highest BCUT2D eigenvalue weighted by molar-refractivity contribution is 5.71. The summed E-state index contributed by atoms with van der Waals surface area (Å²) < 4.78 is 23.1. The molecule has 0 saturated carbocycles. The molecule has 0 amide bonds. The third-order valence-corrected chi connectivity index (χ3v) is 18.4. The average molecular weight is 1330 g/mol. The SMILES string of the molecule is CC/C=C\C/C=C\C/C=C\C/C=C\C/C=C\CCCCCCCCCCCCCCCC(=O)OC(COC(=O)CCCCCCCCCCCCCCCCCCCCCCCCCCCCCCC/C=C\CCCCCCCCCC)COC(OCC[N+](C)(C)C)C(=O)O. The summed E-state index contributed by atoms with van der Waals surface area (Å²) in [6, 6.07) is 0. The molecule has 0 aromatic carbocycles. The molecule has 0 aliphatic rings. The molecule has 0 bridgehead atoms. The van der Waals surface area contributed by atoms with Crippen LogP contribution in [0.4, 0.5) is 0 Å². The second kappa shape index (κ2) is 76.5. The van der Waals surface area contributed by atoms with Gasteiger partial charge in [-0.15, -0.1) is 0 Å². The summed E-state index contributed by atoms with van der Waals surface area (Å²) in [5.74, 6) is -1.98. The molecular formula is C86H158NO8+. The Morgan fingerprint density at radius 2 is 0.600 bits per heavy atom. The highest BCUT2D eigenvalue weighted by atomic mass is 16.7. The van der Waals surface area contributed by atoms with Crippen LogP contribution in [0, 0.1) is 0 Å². The number of carbonyl (C=O) groups excluding carboxylic acids is 2. The maximum atomic E-state index is 13.0. The number of hydrogen-bond acceptors (Lipinski definition) is 7. The molecule has 554 valence electrons. The number of carboxylic acids is 1. The fraction of sp³-hybridized carbons (Fsp3) is 0.826. The quantitative estimate of drug-likeness (QED) is 0.0211. The monoisotopic (exact) mass is 1330 g/mol. The second-order valence-corrected chi connectivity index (χ2v) is 29.1. The topological polar surface area (TPSA) is 108 Å². The van der Waals surface area contributed by atoms with Gasteiger partial charge in [0.1, 0.15) is 13.2 Å². The van der Waals surface area contributed by atoms with Crippen LogP contribution >= 0.6 is 0 Å². The zero-order valence-corrected chi connectivity index (χ0v) is 63.6. The van der Waals surface area contributed by atoms with E-state index >= 15 is 0 Å². The van der Waals surface area contributed by atoms with E-state index < -0.39 is 24.3 Å². The van der Waals surface area contributed by atoms with E-state index in [1.807, 2.05) is 21.1 Å². The Bertz CT molecular complexity index is 1790. The summed E-state index contributed by atoms with van der Waals surface area (Å²) in [7, 11) is 5.99. The van der Waals surface area contributed by atoms with E-state index in [-0.39, 0.29) is 32.2 Å². The van der Waals surface area contributed by atoms with Gasteiger partial charge in [0.15, 0.2) is 6.10 Å². The van der Waals surface area contributed by atoms with Crippen LogP contribution in [0.2, 0.25) is 0 Å². The molecule has 0 aromatic heterocycles. The van der Waals surface area contributed by atoms with Crippen molar-refractivity contribution < 1.29 is 42.9 Å². The fourth-order valence-corrected chi connectivity index (χ4v) is 12.2. The van der Waals surface area contributed by atoms with Crippen molar-refractivity contribution >= 4 is 17.9 Å². The maximum Gasteiger partial charge on any atom is 0.361 e. The van der Waals surface area contributed by atoms with E-state index in [2.05, 4.69) is 86.8 Å². The first kappa shape index (κ1) is 91.7. The zero-order chi connectivity index (χ0) is 69.0. The van der Waals surface area contributed by atoms with Gasteiger partial charge < -0.3 is 28.5 Å². The first-order valence-corrected chi connectivity index (χ1v) is 41.1. The molecule has 0 heterocycles. The third kappa shape index (κ3) is 77.9. The third-order valence-electron chi connectivity index (χ3n) is 18.4. The van der Waals surface area contributed by atoms with Gasteiger partial charge in [-0.1, -0.05) is 376 Å². The Balaban J connectivity index is 3.94. The van der Waals surface area contributed by atoms with E-state index in [0.717, 1.165) is 70.6 Å². The summed E-state index contributed by atoms with van der Waals surface area (Å²) in [4.78, 5) is 37.7. The number of allylic oxidation sites excluding steroid dienone is 12. The van der Waals surface area contributed by atoms with Crippen LogP contribution in [-0.4, -0.2) is 87.4 Å². The normalized spacial score (nSPS) is 13.0. The number of aliphatic carboxylic acids is 1. The Morgan fingerprint density at radius 3 is 0.905 bits per heavy atom. The molecule has 95 heavy (non-hydrogen) atoms. The first-order chi connectivity index (χ1) is 46.6. The molecule has 0 fully saturated rings. The van der Waals surface area contributed by atoms with Crippen molar-refractivity contribution in [1.29, 1.82) is 0 Å². The molecule has 2 atom stereocenters. The first-order valence-electron chi connectivity index (χ1n) is 41.1. The Labute approximate surface area is 589 Å². The molecule has 0 saturated heterocycles. The number of nitrogens with zero attached hydrogens (tertiary/aromatic N) is 1. The van der Waals surface area contributed by atoms with E-state index in [9.17, 15) is 19.5 Å². The van der Waals surface area contributed by atoms with Gasteiger partial charge in [0.05, 0.1) is 34.4 Å². The van der Waals surface area contributed by atoms with Crippen molar-refractivity contribution in [2.75, 3.05) is 47.5 Å². The van der Waals surface area contributed by atoms with E-state index in [0.29, 0.717) is 17.4 Å². The molecule has 2 unspecified atom stereocenters. The van der Waals surface area contributed by atoms with Gasteiger partial charge in [-0.2, -0.15) is 0 Å². The van der Waals surface area contributed by atoms with Gasteiger partial charge in [-0.25, -0.2) is 4.79 Å². The Morgan fingerprint density at radius 1 is 0.326 bits per heavy atom. The van der Waals surface area contributed by atoms with Crippen LogP contribution in [0.25, 0.3) is 0 Å². The number of rotatable bonds is 77. The predicted molar refractivity (Wildman–Crippen MR) is 410 cm³/mol. The summed E-state index contributed by atoms with van der Waals surface area (Å²) in [5.41, 5.74) is 0. The van der Waals surface area contributed by atoms with Crippen LogP contribution in [0.5, 0.6) is 0 Å². The lowest BCUT2D eigenvalue weighted by molar-refractivity contribution is -0.870. The largest absolute Gasteiger partial charge is 0.477 e. The molecule has 1 N–H and O–H groups in total. The summed E-state index contributed by atoms with van der Waals surface area (Å²) in [6.07, 6.45) is 101. The standard InChI is InChI=1S/C86H157NO8/c1-6-8-10-12-14-16-18-20-22-24-26-28-30-32-34-36-37-38-39-40-41-42-43-44-45-46-47-49-50-52-54-56-58-60-62-64-66-68-70-72-74-76-83(88)93-80-82(81-94-86(85(90)91)92-79-78-87(3,4)5)95-84(89)77-75-73-71-69-67-65-63-61-59-57-55-53-51-48-35-33-31-29-27-25-23-21-19-17-15-13-11-9-7-2/h9,11,15,17,21,23-24,26-27,29,33,35,82,86H,6-8,10,12-14,16,18-20,22,25,28,30-32,34,36-81H2,1-5H3/p+1/b11-9-,17-15-,23-21-,26-24-,29-27-,35-33-. The molecule has 9 nitrogen and oxygen atoms in total. The molecule has 0 aliphatic carbocycles. The minimum atomic E-state index is -1.51. The van der Waals surface area contributed by atoms with Crippen molar-refractivity contribution in [3.8, 4) is 0 Å². The molecule has 0 radical (unpaired) electrons. The lowest BCUT2D eigenvalue weighted by Gasteiger charge is -2.25. The van der Waals surface area contributed by atoms with E-state index in [4.69, 9.17) is 18.9 Å². The minimum absolute atomic E-state index is 0.180. The van der Waals surface area contributed by atoms with Crippen LogP contribution in [0.1, 0.15) is 399 Å². The molecule has 0 rings (SSSR count). The van der Waals surface area contributed by atoms with Crippen LogP contribution in [0.3, 0.4) is 0 Å². The fourth-order valence-electron chi connectivity index (χ4n) is 12.2. The number of unbranched alkanes of at least 4 members (excludes halogenated alkanes) is 50. The number of carbonyl (C=O) groups is 3. The molecule has 0 aromatic rings. The lowest BCUT2D eigenvalue weighted by Crippen LogP contribution is -2.40. The average Bonchev–Trinajstić information content (AvgIpc) is 2.86. The zero-order valence-electron chi connectivity index (χ0n) is 63.6. The maximum absolute atomic E-state index is 13.0. The van der Waals surface area contributed by atoms with Gasteiger partial charge in [-0.3, -0.25) is 9.59 Å². The molecule has 0 spiro atoms. The summed E-state index contributed by atoms with van der Waals surface area (Å²) in [5, 5.41) is 9.77. The predicted octanol–water partition coefficient (Wildman–Crippen LogP) is 26.4. The van der Waals surface area contributed by atoms with Crippen molar-refractivity contribution in [3.05, 3.63) is 72.9 Å². The van der Waals surface area contributed by atoms with Gasteiger partial charge in [0, 0.05) is 12.8 Å². The van der Waals surface area contributed by atoms with Crippen molar-refractivity contribution in [2.45, 2.75) is 411 Å². The van der Waals surface area contributed by atoms with Crippen LogP contribution in [0.15, 0.2) is 72.9 Å². The number of ether oxygens (including phenoxy) is 4. The number of esters is 2. The Hall–Kier alpha value is -3.27. The number of hydrogen-bond donors (Lipinski definition) is 1. The number of likely N-dealkylation sites (N-methyl/N-ethyl adjacent to an activating group) is 1. The van der Waals surface area contributed by atoms with E-state index in [1.165, 1.54) is 302 Å². The minimum Gasteiger partial charge on any atom is -0.477 e.